The minimum Gasteiger partial charge on any atom is -0.324 e. The first kappa shape index (κ1) is 23.9. The number of sulfonamides is 1. The maximum absolute atomic E-state index is 13.5. The molecule has 0 heterocycles. The molecule has 0 radical (unpaired) electrons. The monoisotopic (exact) mass is 467 g/mol. The molecule has 0 atom stereocenters. The number of nitrogens with zero attached hydrogens (tertiary/aromatic N) is 2. The average molecular weight is 468 g/mol. The maximum Gasteiger partial charge on any atom is 0.289 e. The van der Waals surface area contributed by atoms with Crippen LogP contribution in [0.4, 0.5) is 17.1 Å². The molecule has 0 aromatic heterocycles. The highest BCUT2D eigenvalue weighted by molar-refractivity contribution is 7.93. The summed E-state index contributed by atoms with van der Waals surface area (Å²) in [5.74, 6) is -0.418. The van der Waals surface area contributed by atoms with Crippen molar-refractivity contribution in [3.63, 3.8) is 0 Å². The fourth-order valence-electron chi connectivity index (χ4n) is 3.51. The van der Waals surface area contributed by atoms with Crippen LogP contribution in [-0.4, -0.2) is 25.8 Å². The molecule has 0 saturated heterocycles. The molecule has 3 rings (SSSR count). The summed E-state index contributed by atoms with van der Waals surface area (Å²) < 4.78 is 27.9. The first-order valence-corrected chi connectivity index (χ1v) is 11.8. The van der Waals surface area contributed by atoms with Crippen LogP contribution in [0.3, 0.4) is 0 Å². The average Bonchev–Trinajstić information content (AvgIpc) is 2.79. The summed E-state index contributed by atoms with van der Waals surface area (Å²) >= 11 is 0. The number of nitro groups is 1. The summed E-state index contributed by atoms with van der Waals surface area (Å²) in [7, 11) is -4.42. The standard InChI is InChI=1S/C24H25N3O5S/c1-17(2)20-13-9-10-18(3)24(20)25-23(28)16-26(19-11-5-4-6-12-19)33(31,32)22-15-8-7-14-21(22)27(29)30/h4-15,17H,16H2,1-3H3,(H,25,28). The third kappa shape index (κ3) is 5.20. The summed E-state index contributed by atoms with van der Waals surface area (Å²) in [4.78, 5) is 23.3. The van der Waals surface area contributed by atoms with Gasteiger partial charge in [-0.25, -0.2) is 8.42 Å². The van der Waals surface area contributed by atoms with E-state index in [9.17, 15) is 23.3 Å². The summed E-state index contributed by atoms with van der Waals surface area (Å²) in [6.45, 7) is 5.31. The Hall–Kier alpha value is -3.72. The van der Waals surface area contributed by atoms with E-state index in [1.807, 2.05) is 39.0 Å². The van der Waals surface area contributed by atoms with Gasteiger partial charge in [0.1, 0.15) is 6.54 Å². The van der Waals surface area contributed by atoms with Crippen molar-refractivity contribution < 1.29 is 18.1 Å². The van der Waals surface area contributed by atoms with Crippen LogP contribution >= 0.6 is 0 Å². The first-order valence-electron chi connectivity index (χ1n) is 10.3. The van der Waals surface area contributed by atoms with E-state index in [1.54, 1.807) is 18.2 Å². The van der Waals surface area contributed by atoms with E-state index in [1.165, 1.54) is 30.3 Å². The van der Waals surface area contributed by atoms with Gasteiger partial charge in [0, 0.05) is 11.8 Å². The molecule has 0 aliphatic rings. The van der Waals surface area contributed by atoms with Gasteiger partial charge in [-0.15, -0.1) is 0 Å². The third-order valence-corrected chi connectivity index (χ3v) is 6.97. The van der Waals surface area contributed by atoms with Gasteiger partial charge in [0.05, 0.1) is 10.6 Å². The Bertz CT molecular complexity index is 1270. The quantitative estimate of drug-likeness (QED) is 0.376. The van der Waals surface area contributed by atoms with E-state index in [4.69, 9.17) is 0 Å². The minimum absolute atomic E-state index is 0.140. The molecule has 172 valence electrons. The van der Waals surface area contributed by atoms with Gasteiger partial charge in [-0.05, 0) is 42.2 Å². The molecule has 0 fully saturated rings. The normalized spacial score (nSPS) is 11.3. The summed E-state index contributed by atoms with van der Waals surface area (Å²) in [5.41, 5.74) is 2.08. The lowest BCUT2D eigenvalue weighted by Gasteiger charge is -2.24. The second-order valence-corrected chi connectivity index (χ2v) is 9.64. The summed E-state index contributed by atoms with van der Waals surface area (Å²) in [6, 6.07) is 18.8. The van der Waals surface area contributed by atoms with Gasteiger partial charge in [-0.1, -0.05) is 62.4 Å². The maximum atomic E-state index is 13.5. The number of hydrogen-bond acceptors (Lipinski definition) is 5. The number of rotatable bonds is 8. The largest absolute Gasteiger partial charge is 0.324 e. The molecule has 0 bridgehead atoms. The number of para-hydroxylation sites is 3. The summed E-state index contributed by atoms with van der Waals surface area (Å²) in [6.07, 6.45) is 0. The summed E-state index contributed by atoms with van der Waals surface area (Å²) in [5, 5.41) is 14.3. The molecule has 3 aromatic carbocycles. The van der Waals surface area contributed by atoms with Crippen LogP contribution in [0.5, 0.6) is 0 Å². The minimum atomic E-state index is -4.42. The van der Waals surface area contributed by atoms with E-state index in [2.05, 4.69) is 5.32 Å². The molecule has 0 unspecified atom stereocenters. The molecule has 0 saturated carbocycles. The zero-order valence-corrected chi connectivity index (χ0v) is 19.4. The fraction of sp³-hybridized carbons (Fsp3) is 0.208. The van der Waals surface area contributed by atoms with Crippen molar-refractivity contribution in [2.45, 2.75) is 31.6 Å². The highest BCUT2D eigenvalue weighted by Crippen LogP contribution is 2.31. The molecule has 0 spiro atoms. The van der Waals surface area contributed by atoms with Gasteiger partial charge in [0.25, 0.3) is 15.7 Å². The van der Waals surface area contributed by atoms with E-state index >= 15 is 0 Å². The molecule has 1 N–H and O–H groups in total. The SMILES string of the molecule is Cc1cccc(C(C)C)c1NC(=O)CN(c1ccccc1)S(=O)(=O)c1ccccc1[N+](=O)[O-]. The lowest BCUT2D eigenvalue weighted by atomic mass is 9.98. The lowest BCUT2D eigenvalue weighted by Crippen LogP contribution is -2.38. The molecule has 1 amide bonds. The Morgan fingerprint density at radius 3 is 2.27 bits per heavy atom. The number of hydrogen-bond donors (Lipinski definition) is 1. The van der Waals surface area contributed by atoms with Crippen molar-refractivity contribution in [3.8, 4) is 0 Å². The van der Waals surface area contributed by atoms with E-state index < -0.39 is 38.0 Å². The van der Waals surface area contributed by atoms with Crippen LogP contribution in [-0.2, 0) is 14.8 Å². The zero-order chi connectivity index (χ0) is 24.2. The molecule has 0 aliphatic heterocycles. The highest BCUT2D eigenvalue weighted by Gasteiger charge is 2.33. The van der Waals surface area contributed by atoms with Gasteiger partial charge in [0.2, 0.25) is 5.91 Å². The van der Waals surface area contributed by atoms with E-state index in [0.29, 0.717) is 5.69 Å². The van der Waals surface area contributed by atoms with E-state index in [-0.39, 0.29) is 11.6 Å². The van der Waals surface area contributed by atoms with Crippen molar-refractivity contribution in [2.24, 2.45) is 0 Å². The number of benzene rings is 3. The number of anilines is 2. The Kier molecular flexibility index (Phi) is 7.13. The number of amides is 1. The molecule has 0 aliphatic carbocycles. The second-order valence-electron chi connectivity index (χ2n) is 7.81. The number of nitro benzene ring substituents is 1. The van der Waals surface area contributed by atoms with Gasteiger partial charge in [-0.2, -0.15) is 0 Å². The van der Waals surface area contributed by atoms with Crippen LogP contribution in [0, 0.1) is 17.0 Å². The number of carbonyl (C=O) groups is 1. The smallest absolute Gasteiger partial charge is 0.289 e. The van der Waals surface area contributed by atoms with Crippen molar-refractivity contribution in [1.82, 2.24) is 0 Å². The molecule has 8 nitrogen and oxygen atoms in total. The van der Waals surface area contributed by atoms with Crippen molar-refractivity contribution >= 4 is 33.0 Å². The lowest BCUT2D eigenvalue weighted by molar-refractivity contribution is -0.387. The van der Waals surface area contributed by atoms with E-state index in [0.717, 1.165) is 21.5 Å². The Balaban J connectivity index is 2.03. The molecular formula is C24H25N3O5S. The predicted octanol–water partition coefficient (Wildman–Crippen LogP) is 4.86. The van der Waals surface area contributed by atoms with Crippen LogP contribution < -0.4 is 9.62 Å². The molecular weight excluding hydrogens is 442 g/mol. The van der Waals surface area contributed by atoms with Gasteiger partial charge < -0.3 is 5.32 Å². The highest BCUT2D eigenvalue weighted by atomic mass is 32.2. The van der Waals surface area contributed by atoms with Gasteiger partial charge >= 0.3 is 0 Å². The Labute approximate surface area is 193 Å². The van der Waals surface area contributed by atoms with Crippen LogP contribution in [0.2, 0.25) is 0 Å². The Morgan fingerprint density at radius 1 is 1.00 bits per heavy atom. The molecule has 33 heavy (non-hydrogen) atoms. The number of nitrogens with one attached hydrogen (secondary N) is 1. The Morgan fingerprint density at radius 2 is 1.64 bits per heavy atom. The topological polar surface area (TPSA) is 110 Å². The predicted molar refractivity (Wildman–Crippen MR) is 128 cm³/mol. The number of aryl methyl sites for hydroxylation is 1. The van der Waals surface area contributed by atoms with Crippen molar-refractivity contribution in [3.05, 3.63) is 94.0 Å². The van der Waals surface area contributed by atoms with Crippen LogP contribution in [0.25, 0.3) is 0 Å². The number of carbonyl (C=O) groups excluding carboxylic acids is 1. The zero-order valence-electron chi connectivity index (χ0n) is 18.6. The second kappa shape index (κ2) is 9.83. The van der Waals surface area contributed by atoms with Gasteiger partial charge in [-0.3, -0.25) is 19.2 Å². The molecule has 9 heteroatoms. The molecule has 3 aromatic rings. The van der Waals surface area contributed by atoms with Crippen molar-refractivity contribution in [2.75, 3.05) is 16.2 Å². The van der Waals surface area contributed by atoms with Crippen molar-refractivity contribution in [1.29, 1.82) is 0 Å². The fourth-order valence-corrected chi connectivity index (χ4v) is 5.09. The first-order chi connectivity index (χ1) is 15.6. The van der Waals surface area contributed by atoms with Crippen LogP contribution in [0.1, 0.15) is 30.9 Å². The van der Waals surface area contributed by atoms with Crippen LogP contribution in [0.15, 0.2) is 77.7 Å². The van der Waals surface area contributed by atoms with Gasteiger partial charge in [0.15, 0.2) is 4.90 Å². The third-order valence-electron chi connectivity index (χ3n) is 5.15.